The maximum atomic E-state index is 11.7. The summed E-state index contributed by atoms with van der Waals surface area (Å²) in [5.41, 5.74) is 0.844. The molecule has 2 rings (SSSR count). The summed E-state index contributed by atoms with van der Waals surface area (Å²) in [7, 11) is 0. The normalized spacial score (nSPS) is 10.1. The number of carbonyl (C=O) groups excluding carboxylic acids is 1. The number of hydrogen-bond donors (Lipinski definition) is 0. The van der Waals surface area contributed by atoms with Crippen molar-refractivity contribution in [3.63, 3.8) is 0 Å². The average Bonchev–Trinajstić information content (AvgIpc) is 2.39. The third kappa shape index (κ3) is 5.66. The molecule has 0 unspecified atom stereocenters. The van der Waals surface area contributed by atoms with Crippen LogP contribution in [-0.2, 0) is 4.79 Å². The summed E-state index contributed by atoms with van der Waals surface area (Å²) in [4.78, 5) is 12.6. The smallest absolute Gasteiger partial charge is 0.872 e. The molecule has 0 aliphatic carbocycles. The third-order valence-electron chi connectivity index (χ3n) is 2.25. The van der Waals surface area contributed by atoms with Gasteiger partial charge in [-0.25, -0.2) is 0 Å². The van der Waals surface area contributed by atoms with Gasteiger partial charge in [-0.1, -0.05) is 48.5 Å². The molecule has 2 nitrogen and oxygen atoms in total. The van der Waals surface area contributed by atoms with Gasteiger partial charge in [0.05, 0.1) is 0 Å². The standard InChI is InChI=1S/C15H12O2S.Na/c16-13-9-6-12(7-10-13)8-11-15(17)18-14-4-2-1-3-5-14;/h1-11,16H;/q;+1/p-1/b11-8+;. The molecule has 19 heavy (non-hydrogen) atoms. The van der Waals surface area contributed by atoms with Crippen molar-refractivity contribution in [1.82, 2.24) is 0 Å². The minimum Gasteiger partial charge on any atom is -0.872 e. The van der Waals surface area contributed by atoms with Gasteiger partial charge in [0.15, 0.2) is 0 Å². The van der Waals surface area contributed by atoms with E-state index in [1.54, 1.807) is 18.2 Å². The zero-order chi connectivity index (χ0) is 12.8. The Hall–Kier alpha value is -1.000. The first-order valence-corrected chi connectivity index (χ1v) is 6.28. The molecule has 4 heteroatoms. The first-order valence-electron chi connectivity index (χ1n) is 5.46. The van der Waals surface area contributed by atoms with Crippen LogP contribution >= 0.6 is 11.8 Å². The minimum absolute atomic E-state index is 0. The summed E-state index contributed by atoms with van der Waals surface area (Å²) in [6.07, 6.45) is 3.22. The third-order valence-corrected chi connectivity index (χ3v) is 3.10. The van der Waals surface area contributed by atoms with Gasteiger partial charge in [-0.3, -0.25) is 4.79 Å². The molecule has 0 atom stereocenters. The molecule has 0 saturated heterocycles. The van der Waals surface area contributed by atoms with Crippen LogP contribution in [0.5, 0.6) is 5.75 Å². The molecule has 0 aliphatic heterocycles. The van der Waals surface area contributed by atoms with E-state index in [0.29, 0.717) is 0 Å². The van der Waals surface area contributed by atoms with Crippen LogP contribution in [-0.4, -0.2) is 5.12 Å². The van der Waals surface area contributed by atoms with Crippen LogP contribution in [0.4, 0.5) is 0 Å². The molecular weight excluding hydrogens is 267 g/mol. The Bertz CT molecular complexity index is 550. The number of hydrogen-bond acceptors (Lipinski definition) is 3. The Kier molecular flexibility index (Phi) is 6.95. The van der Waals surface area contributed by atoms with Crippen LogP contribution < -0.4 is 34.7 Å². The minimum atomic E-state index is -0.0348. The second kappa shape index (κ2) is 8.23. The van der Waals surface area contributed by atoms with Crippen molar-refractivity contribution < 1.29 is 39.5 Å². The van der Waals surface area contributed by atoms with Crippen LogP contribution in [0, 0.1) is 0 Å². The van der Waals surface area contributed by atoms with Crippen LogP contribution in [0.15, 0.2) is 65.6 Å². The van der Waals surface area contributed by atoms with Crippen molar-refractivity contribution in [2.45, 2.75) is 4.90 Å². The zero-order valence-corrected chi connectivity index (χ0v) is 13.4. The second-order valence-corrected chi connectivity index (χ2v) is 4.71. The predicted molar refractivity (Wildman–Crippen MR) is 72.2 cm³/mol. The molecule has 0 heterocycles. The van der Waals surface area contributed by atoms with Crippen LogP contribution in [0.1, 0.15) is 5.56 Å². The van der Waals surface area contributed by atoms with Gasteiger partial charge in [0.25, 0.3) is 0 Å². The van der Waals surface area contributed by atoms with E-state index in [4.69, 9.17) is 0 Å². The van der Waals surface area contributed by atoms with E-state index in [0.717, 1.165) is 10.5 Å². The summed E-state index contributed by atoms with van der Waals surface area (Å²) in [6.45, 7) is 0. The molecule has 0 saturated carbocycles. The van der Waals surface area contributed by atoms with Crippen LogP contribution in [0.25, 0.3) is 6.08 Å². The molecule has 0 aliphatic rings. The van der Waals surface area contributed by atoms with Crippen molar-refractivity contribution in [3.05, 3.63) is 66.2 Å². The maximum absolute atomic E-state index is 11.7. The Morgan fingerprint density at radius 3 is 2.26 bits per heavy atom. The molecule has 0 fully saturated rings. The van der Waals surface area contributed by atoms with Gasteiger partial charge in [-0.15, -0.1) is 5.75 Å². The fourth-order valence-electron chi connectivity index (χ4n) is 1.38. The van der Waals surface area contributed by atoms with Crippen molar-refractivity contribution >= 4 is 23.0 Å². The maximum Gasteiger partial charge on any atom is 1.00 e. The van der Waals surface area contributed by atoms with E-state index in [1.165, 1.54) is 30.0 Å². The first-order chi connectivity index (χ1) is 8.74. The van der Waals surface area contributed by atoms with E-state index in [2.05, 4.69) is 0 Å². The van der Waals surface area contributed by atoms with Crippen molar-refractivity contribution in [2.24, 2.45) is 0 Å². The van der Waals surface area contributed by atoms with Crippen LogP contribution in [0.3, 0.4) is 0 Å². The second-order valence-electron chi connectivity index (χ2n) is 3.64. The summed E-state index contributed by atoms with van der Waals surface area (Å²) in [6, 6.07) is 15.8. The van der Waals surface area contributed by atoms with Gasteiger partial charge in [0, 0.05) is 4.90 Å². The van der Waals surface area contributed by atoms with E-state index in [1.807, 2.05) is 30.3 Å². The molecule has 2 aromatic rings. The fraction of sp³-hybridized carbons (Fsp3) is 0. The molecule has 0 bridgehead atoms. The monoisotopic (exact) mass is 278 g/mol. The van der Waals surface area contributed by atoms with Crippen molar-refractivity contribution in [2.75, 3.05) is 0 Å². The molecule has 90 valence electrons. The van der Waals surface area contributed by atoms with E-state index >= 15 is 0 Å². The zero-order valence-electron chi connectivity index (χ0n) is 10.6. The quantitative estimate of drug-likeness (QED) is 0.454. The summed E-state index contributed by atoms with van der Waals surface area (Å²) < 4.78 is 0. The summed E-state index contributed by atoms with van der Waals surface area (Å²) in [5, 5.41) is 10.9. The molecule has 2 aromatic carbocycles. The van der Waals surface area contributed by atoms with Gasteiger partial charge in [0.1, 0.15) is 0 Å². The number of rotatable bonds is 3. The van der Waals surface area contributed by atoms with Crippen molar-refractivity contribution in [3.8, 4) is 5.75 Å². The SMILES string of the molecule is O=C(/C=C/c1ccc([O-])cc1)Sc1ccccc1.[Na+]. The van der Waals surface area contributed by atoms with Gasteiger partial charge < -0.3 is 5.11 Å². The van der Waals surface area contributed by atoms with Gasteiger partial charge >= 0.3 is 29.6 Å². The largest absolute Gasteiger partial charge is 1.00 e. The Balaban J connectivity index is 0.00000180. The Morgan fingerprint density at radius 1 is 1.00 bits per heavy atom. The number of benzene rings is 2. The van der Waals surface area contributed by atoms with E-state index in [9.17, 15) is 9.90 Å². The Labute approximate surface area is 138 Å². The van der Waals surface area contributed by atoms with Crippen LogP contribution in [0.2, 0.25) is 0 Å². The summed E-state index contributed by atoms with van der Waals surface area (Å²) >= 11 is 1.18. The average molecular weight is 278 g/mol. The fourth-order valence-corrected chi connectivity index (χ4v) is 2.04. The number of thioether (sulfide) groups is 1. The van der Waals surface area contributed by atoms with Gasteiger partial charge in [-0.05, 0) is 35.5 Å². The summed E-state index contributed by atoms with van der Waals surface area (Å²) in [5.74, 6) is -0.0304. The predicted octanol–water partition coefficient (Wildman–Crippen LogP) is 0.0963. The molecule has 0 amide bonds. The molecule has 0 aromatic heterocycles. The van der Waals surface area contributed by atoms with E-state index < -0.39 is 0 Å². The molecular formula is C15H11NaO2S. The van der Waals surface area contributed by atoms with Gasteiger partial charge in [0.2, 0.25) is 5.12 Å². The molecule has 0 spiro atoms. The van der Waals surface area contributed by atoms with Gasteiger partial charge in [-0.2, -0.15) is 0 Å². The molecule has 0 radical (unpaired) electrons. The topological polar surface area (TPSA) is 40.1 Å². The number of carbonyl (C=O) groups is 1. The van der Waals surface area contributed by atoms with E-state index in [-0.39, 0.29) is 40.4 Å². The molecule has 0 N–H and O–H groups in total. The Morgan fingerprint density at radius 2 is 1.63 bits per heavy atom. The van der Waals surface area contributed by atoms with Crippen molar-refractivity contribution in [1.29, 1.82) is 0 Å². The first kappa shape index (κ1) is 16.1.